The first-order valence-electron chi connectivity index (χ1n) is 7.58. The molecule has 1 saturated carbocycles. The van der Waals surface area contributed by atoms with Gasteiger partial charge in [-0.2, -0.15) is 8.78 Å². The number of hydrogen-bond donors (Lipinski definition) is 3. The van der Waals surface area contributed by atoms with Crippen molar-refractivity contribution in [1.82, 2.24) is 5.32 Å². The van der Waals surface area contributed by atoms with Crippen LogP contribution >= 0.6 is 0 Å². The number of alkyl halides is 2. The molecule has 3 N–H and O–H groups in total. The van der Waals surface area contributed by atoms with Crippen molar-refractivity contribution in [2.45, 2.75) is 45.8 Å². The van der Waals surface area contributed by atoms with Crippen LogP contribution in [0.15, 0.2) is 18.2 Å². The smallest absolute Gasteiger partial charge is 0.387 e. The summed E-state index contributed by atoms with van der Waals surface area (Å²) in [5.74, 6) is 0.0267. The van der Waals surface area contributed by atoms with Crippen molar-refractivity contribution in [2.24, 2.45) is 5.41 Å². The van der Waals surface area contributed by atoms with Crippen LogP contribution in [0.5, 0.6) is 5.75 Å². The summed E-state index contributed by atoms with van der Waals surface area (Å²) in [6.07, 6.45) is 2.60. The fraction of sp³-hybridized carbons (Fsp3) is 0.562. The zero-order valence-electron chi connectivity index (χ0n) is 13.2. The molecule has 5 nitrogen and oxygen atoms in total. The second-order valence-electron chi connectivity index (χ2n) is 6.21. The Labute approximate surface area is 134 Å². The van der Waals surface area contributed by atoms with Crippen LogP contribution in [0.1, 0.15) is 31.7 Å². The third-order valence-corrected chi connectivity index (χ3v) is 4.41. The Morgan fingerprint density at radius 1 is 1.52 bits per heavy atom. The molecule has 0 bridgehead atoms. The van der Waals surface area contributed by atoms with Crippen LogP contribution < -0.4 is 15.4 Å². The summed E-state index contributed by atoms with van der Waals surface area (Å²) < 4.78 is 29.1. The highest BCUT2D eigenvalue weighted by atomic mass is 19.3. The zero-order valence-corrected chi connectivity index (χ0v) is 13.2. The number of halogens is 2. The van der Waals surface area contributed by atoms with Crippen LogP contribution in [-0.2, 0) is 0 Å². The minimum absolute atomic E-state index is 0.00878. The summed E-state index contributed by atoms with van der Waals surface area (Å²) in [6, 6.07) is 4.03. The number of amides is 2. The Balaban J connectivity index is 2.00. The predicted molar refractivity (Wildman–Crippen MR) is 82.8 cm³/mol. The number of carbonyl (C=O) groups is 1. The fourth-order valence-electron chi connectivity index (χ4n) is 2.89. The van der Waals surface area contributed by atoms with E-state index < -0.39 is 12.6 Å². The van der Waals surface area contributed by atoms with Gasteiger partial charge in [0.1, 0.15) is 5.75 Å². The number of benzene rings is 1. The molecule has 1 fully saturated rings. The highest BCUT2D eigenvalue weighted by molar-refractivity contribution is 5.89. The second-order valence-corrected chi connectivity index (χ2v) is 6.21. The monoisotopic (exact) mass is 328 g/mol. The largest absolute Gasteiger partial charge is 0.434 e. The molecule has 0 saturated heterocycles. The lowest BCUT2D eigenvalue weighted by atomic mass is 9.86. The quantitative estimate of drug-likeness (QED) is 0.777. The van der Waals surface area contributed by atoms with E-state index in [1.54, 1.807) is 19.1 Å². The summed E-state index contributed by atoms with van der Waals surface area (Å²) in [6.45, 7) is 0.675. The Morgan fingerprint density at radius 2 is 2.26 bits per heavy atom. The Kier molecular flexibility index (Phi) is 5.41. The number of aryl methyl sites for hydroxylation is 1. The van der Waals surface area contributed by atoms with Gasteiger partial charge in [0.15, 0.2) is 0 Å². The van der Waals surface area contributed by atoms with Crippen LogP contribution in [0.2, 0.25) is 0 Å². The van der Waals surface area contributed by atoms with Crippen molar-refractivity contribution in [2.75, 3.05) is 11.9 Å². The van der Waals surface area contributed by atoms with Crippen LogP contribution in [-0.4, -0.2) is 30.4 Å². The number of urea groups is 1. The molecule has 1 aliphatic rings. The van der Waals surface area contributed by atoms with Gasteiger partial charge in [-0.3, -0.25) is 0 Å². The van der Waals surface area contributed by atoms with Gasteiger partial charge in [-0.25, -0.2) is 4.79 Å². The molecule has 23 heavy (non-hydrogen) atoms. The van der Waals surface area contributed by atoms with E-state index in [0.29, 0.717) is 11.3 Å². The molecule has 1 aromatic rings. The van der Waals surface area contributed by atoms with Gasteiger partial charge in [0.2, 0.25) is 0 Å². The van der Waals surface area contributed by atoms with Crippen molar-refractivity contribution in [3.8, 4) is 5.75 Å². The van der Waals surface area contributed by atoms with Crippen LogP contribution in [0, 0.1) is 12.3 Å². The molecule has 7 heteroatoms. The summed E-state index contributed by atoms with van der Waals surface area (Å²) >= 11 is 0. The molecule has 0 aliphatic heterocycles. The van der Waals surface area contributed by atoms with Gasteiger partial charge in [-0.05, 0) is 31.4 Å². The predicted octanol–water partition coefficient (Wildman–Crippen LogP) is 3.27. The average molecular weight is 328 g/mol. The molecule has 0 heterocycles. The van der Waals surface area contributed by atoms with Gasteiger partial charge >= 0.3 is 12.6 Å². The second kappa shape index (κ2) is 7.12. The number of rotatable bonds is 5. The molecule has 128 valence electrons. The molecular formula is C16H22F2N2O3. The first-order chi connectivity index (χ1) is 10.8. The van der Waals surface area contributed by atoms with Crippen molar-refractivity contribution in [3.63, 3.8) is 0 Å². The molecule has 2 amide bonds. The molecule has 1 aromatic carbocycles. The molecule has 1 aliphatic carbocycles. The van der Waals surface area contributed by atoms with E-state index in [1.807, 2.05) is 6.92 Å². The zero-order chi connectivity index (χ0) is 17.0. The Hall–Kier alpha value is -1.89. The molecule has 2 rings (SSSR count). The van der Waals surface area contributed by atoms with E-state index in [1.165, 1.54) is 6.07 Å². The normalized spacial score (nSPS) is 23.8. The lowest BCUT2D eigenvalue weighted by molar-refractivity contribution is -0.0502. The summed E-state index contributed by atoms with van der Waals surface area (Å²) in [4.78, 5) is 12.1. The lowest BCUT2D eigenvalue weighted by Gasteiger charge is -2.30. The van der Waals surface area contributed by atoms with E-state index >= 15 is 0 Å². The van der Waals surface area contributed by atoms with Gasteiger partial charge in [0, 0.05) is 23.2 Å². The maximum atomic E-state index is 12.3. The third kappa shape index (κ3) is 4.31. The van der Waals surface area contributed by atoms with E-state index in [9.17, 15) is 18.7 Å². The SMILES string of the molecule is Cc1ccc(NC(=O)NC2CCCC2(C)CO)cc1OC(F)F. The number of nitrogens with one attached hydrogen (secondary N) is 2. The topological polar surface area (TPSA) is 70.6 Å². The first-order valence-corrected chi connectivity index (χ1v) is 7.58. The van der Waals surface area contributed by atoms with Crippen molar-refractivity contribution in [3.05, 3.63) is 23.8 Å². The van der Waals surface area contributed by atoms with Gasteiger partial charge in [-0.15, -0.1) is 0 Å². The van der Waals surface area contributed by atoms with Crippen molar-refractivity contribution >= 4 is 11.7 Å². The molecule has 0 spiro atoms. The molecule has 0 radical (unpaired) electrons. The van der Waals surface area contributed by atoms with E-state index in [4.69, 9.17) is 0 Å². The maximum Gasteiger partial charge on any atom is 0.387 e. The molecule has 2 unspecified atom stereocenters. The van der Waals surface area contributed by atoms with Gasteiger partial charge in [0.05, 0.1) is 6.61 Å². The maximum absolute atomic E-state index is 12.3. The molecule has 0 aromatic heterocycles. The number of aliphatic hydroxyl groups is 1. The summed E-state index contributed by atoms with van der Waals surface area (Å²) in [5, 5.41) is 14.9. The molecular weight excluding hydrogens is 306 g/mol. The van der Waals surface area contributed by atoms with Gasteiger partial charge in [-0.1, -0.05) is 19.4 Å². The minimum atomic E-state index is -2.92. The van der Waals surface area contributed by atoms with Gasteiger partial charge in [0.25, 0.3) is 0 Å². The standard InChI is InChI=1S/C16H22F2N2O3/c1-10-5-6-11(8-12(10)23-14(17)18)19-15(22)20-13-4-3-7-16(13,2)9-21/h5-6,8,13-14,21H,3-4,7,9H2,1-2H3,(H2,19,20,22). The van der Waals surface area contributed by atoms with Crippen molar-refractivity contribution in [1.29, 1.82) is 0 Å². The lowest BCUT2D eigenvalue weighted by Crippen LogP contribution is -2.46. The third-order valence-electron chi connectivity index (χ3n) is 4.41. The summed E-state index contributed by atoms with van der Waals surface area (Å²) in [5.41, 5.74) is 0.599. The highest BCUT2D eigenvalue weighted by Crippen LogP contribution is 2.37. The number of carbonyl (C=O) groups excluding carboxylic acids is 1. The van der Waals surface area contributed by atoms with E-state index in [2.05, 4.69) is 15.4 Å². The van der Waals surface area contributed by atoms with E-state index in [-0.39, 0.29) is 23.8 Å². The number of hydrogen-bond acceptors (Lipinski definition) is 3. The van der Waals surface area contributed by atoms with Crippen LogP contribution in [0.4, 0.5) is 19.3 Å². The number of anilines is 1. The van der Waals surface area contributed by atoms with Crippen LogP contribution in [0.3, 0.4) is 0 Å². The Morgan fingerprint density at radius 3 is 2.91 bits per heavy atom. The number of aliphatic hydroxyl groups excluding tert-OH is 1. The Bertz CT molecular complexity index is 568. The fourth-order valence-corrected chi connectivity index (χ4v) is 2.89. The average Bonchev–Trinajstić information content (AvgIpc) is 2.84. The highest BCUT2D eigenvalue weighted by Gasteiger charge is 2.39. The first kappa shape index (κ1) is 17.5. The minimum Gasteiger partial charge on any atom is -0.434 e. The molecule has 2 atom stereocenters. The van der Waals surface area contributed by atoms with Crippen LogP contribution in [0.25, 0.3) is 0 Å². The number of ether oxygens (including phenoxy) is 1. The van der Waals surface area contributed by atoms with E-state index in [0.717, 1.165) is 19.3 Å². The van der Waals surface area contributed by atoms with Gasteiger partial charge < -0.3 is 20.5 Å². The summed E-state index contributed by atoms with van der Waals surface area (Å²) in [7, 11) is 0. The van der Waals surface area contributed by atoms with Crippen molar-refractivity contribution < 1.29 is 23.4 Å².